The lowest BCUT2D eigenvalue weighted by Crippen LogP contribution is -2.35. The molecule has 0 fully saturated rings. The molecule has 0 spiro atoms. The first-order valence-electron chi connectivity index (χ1n) is 8.79. The highest BCUT2D eigenvalue weighted by molar-refractivity contribution is 5.94. The molecule has 5 heteroatoms. The van der Waals surface area contributed by atoms with E-state index < -0.39 is 0 Å². The third-order valence-electron chi connectivity index (χ3n) is 4.28. The first-order chi connectivity index (χ1) is 12.6. The van der Waals surface area contributed by atoms with Crippen LogP contribution in [0.2, 0.25) is 0 Å². The molecular weight excluding hydrogens is 328 g/mol. The van der Waals surface area contributed by atoms with E-state index >= 15 is 0 Å². The molecule has 0 saturated heterocycles. The molecule has 1 atom stereocenters. The van der Waals surface area contributed by atoms with Gasteiger partial charge in [0.2, 0.25) is 0 Å². The number of carbonyl (C=O) groups excluding carboxylic acids is 2. The monoisotopic (exact) mass is 350 g/mol. The van der Waals surface area contributed by atoms with Crippen molar-refractivity contribution >= 4 is 17.9 Å². The molecule has 2 aromatic rings. The van der Waals surface area contributed by atoms with Gasteiger partial charge in [0.1, 0.15) is 5.75 Å². The fourth-order valence-electron chi connectivity index (χ4n) is 2.90. The number of hydrogen-bond donors (Lipinski definition) is 1. The van der Waals surface area contributed by atoms with Crippen LogP contribution < -0.4 is 20.6 Å². The molecule has 0 bridgehead atoms. The Kier molecular flexibility index (Phi) is 5.46. The van der Waals surface area contributed by atoms with Crippen LogP contribution in [0.1, 0.15) is 29.3 Å². The topological polar surface area (TPSA) is 67.8 Å². The first-order valence-corrected chi connectivity index (χ1v) is 8.79. The van der Waals surface area contributed by atoms with Gasteiger partial charge in [-0.1, -0.05) is 18.2 Å². The second kappa shape index (κ2) is 7.95. The average molecular weight is 350 g/mol. The second-order valence-corrected chi connectivity index (χ2v) is 6.29. The minimum absolute atomic E-state index is 0.154. The maximum atomic E-state index is 12.2. The number of ether oxygens (including phenoxy) is 1. The van der Waals surface area contributed by atoms with Gasteiger partial charge in [0, 0.05) is 12.1 Å². The van der Waals surface area contributed by atoms with E-state index in [-0.39, 0.29) is 17.7 Å². The third-order valence-corrected chi connectivity index (χ3v) is 4.28. The number of nitrogens with one attached hydrogen (secondary N) is 1. The smallest absolute Gasteiger partial charge is 0.253 e. The van der Waals surface area contributed by atoms with E-state index in [1.54, 1.807) is 24.3 Å². The Morgan fingerprint density at radius 3 is 2.69 bits per heavy atom. The molecule has 1 unspecified atom stereocenters. The molecule has 5 nitrogen and oxygen atoms in total. The van der Waals surface area contributed by atoms with Crippen LogP contribution in [-0.2, 0) is 4.79 Å². The van der Waals surface area contributed by atoms with Crippen molar-refractivity contribution in [2.24, 2.45) is 10.9 Å². The second-order valence-electron chi connectivity index (χ2n) is 6.29. The molecular formula is C21H22N2O3. The average Bonchev–Trinajstić information content (AvgIpc) is 2.63. The van der Waals surface area contributed by atoms with Crippen molar-refractivity contribution in [3.05, 3.63) is 64.2 Å². The van der Waals surface area contributed by atoms with Crippen molar-refractivity contribution in [2.75, 3.05) is 13.2 Å². The van der Waals surface area contributed by atoms with E-state index in [4.69, 9.17) is 4.74 Å². The number of fused-ring (bicyclic) bond motifs is 1. The molecule has 1 aliphatic rings. The summed E-state index contributed by atoms with van der Waals surface area (Å²) in [6.45, 7) is 4.89. The van der Waals surface area contributed by atoms with E-state index in [1.165, 1.54) is 0 Å². The van der Waals surface area contributed by atoms with Crippen molar-refractivity contribution < 1.29 is 14.3 Å². The third kappa shape index (κ3) is 4.17. The number of hydrogen-bond acceptors (Lipinski definition) is 3. The fourth-order valence-corrected chi connectivity index (χ4v) is 2.90. The molecule has 3 rings (SSSR count). The molecule has 0 saturated carbocycles. The zero-order valence-electron chi connectivity index (χ0n) is 15.0. The van der Waals surface area contributed by atoms with E-state index in [9.17, 15) is 9.59 Å². The van der Waals surface area contributed by atoms with Crippen LogP contribution in [0.4, 0.5) is 0 Å². The highest BCUT2D eigenvalue weighted by atomic mass is 16.5. The fraction of sp³-hybridized carbons (Fsp3) is 0.286. The predicted molar refractivity (Wildman–Crippen MR) is 99.5 cm³/mol. The van der Waals surface area contributed by atoms with Crippen molar-refractivity contribution in [1.82, 2.24) is 5.32 Å². The van der Waals surface area contributed by atoms with E-state index in [2.05, 4.69) is 10.3 Å². The van der Waals surface area contributed by atoms with E-state index in [0.717, 1.165) is 21.9 Å². The van der Waals surface area contributed by atoms with Gasteiger partial charge >= 0.3 is 0 Å². The summed E-state index contributed by atoms with van der Waals surface area (Å²) < 4.78 is 5.37. The van der Waals surface area contributed by atoms with E-state index in [1.807, 2.05) is 38.1 Å². The van der Waals surface area contributed by atoms with Gasteiger partial charge in [-0.15, -0.1) is 0 Å². The Hall–Kier alpha value is -2.95. The van der Waals surface area contributed by atoms with Gasteiger partial charge < -0.3 is 10.1 Å². The molecule has 2 amide bonds. The Morgan fingerprint density at radius 2 is 1.96 bits per heavy atom. The van der Waals surface area contributed by atoms with Gasteiger partial charge in [0.25, 0.3) is 11.8 Å². The van der Waals surface area contributed by atoms with Crippen molar-refractivity contribution in [1.29, 1.82) is 0 Å². The molecule has 134 valence electrons. The van der Waals surface area contributed by atoms with Crippen LogP contribution in [0.15, 0.2) is 47.5 Å². The van der Waals surface area contributed by atoms with Crippen molar-refractivity contribution in [3.8, 4) is 5.75 Å². The summed E-state index contributed by atoms with van der Waals surface area (Å²) in [5, 5.41) is 4.55. The SMILES string of the molecule is CCOc1ccc(C(=O)NCCC2C=c3ccc(C)cc3=NC2=O)cc1. The van der Waals surface area contributed by atoms with Gasteiger partial charge in [0.15, 0.2) is 0 Å². The summed E-state index contributed by atoms with van der Waals surface area (Å²) in [5.41, 5.74) is 1.65. The summed E-state index contributed by atoms with van der Waals surface area (Å²) >= 11 is 0. The van der Waals surface area contributed by atoms with E-state index in [0.29, 0.717) is 25.1 Å². The molecule has 1 aliphatic heterocycles. The lowest BCUT2D eigenvalue weighted by atomic mass is 9.99. The molecule has 1 N–H and O–H groups in total. The predicted octanol–water partition coefficient (Wildman–Crippen LogP) is 1.77. The number of nitrogens with zero attached hydrogens (tertiary/aromatic N) is 1. The summed E-state index contributed by atoms with van der Waals surface area (Å²) in [5.74, 6) is 0.121. The van der Waals surface area contributed by atoms with Crippen molar-refractivity contribution in [3.63, 3.8) is 0 Å². The van der Waals surface area contributed by atoms with Crippen LogP contribution in [0.5, 0.6) is 5.75 Å². The van der Waals surface area contributed by atoms with Gasteiger partial charge in [-0.25, -0.2) is 4.99 Å². The summed E-state index contributed by atoms with van der Waals surface area (Å²) in [7, 11) is 0. The largest absolute Gasteiger partial charge is 0.494 e. The highest BCUT2D eigenvalue weighted by Crippen LogP contribution is 2.12. The van der Waals surface area contributed by atoms with Crippen LogP contribution in [0.3, 0.4) is 0 Å². The Balaban J connectivity index is 1.58. The maximum absolute atomic E-state index is 12.2. The van der Waals surface area contributed by atoms with Gasteiger partial charge in [-0.05, 0) is 61.4 Å². The molecule has 2 aromatic carbocycles. The number of amides is 2. The quantitative estimate of drug-likeness (QED) is 0.863. The lowest BCUT2D eigenvalue weighted by molar-refractivity contribution is -0.120. The van der Waals surface area contributed by atoms with Crippen LogP contribution >= 0.6 is 0 Å². The standard InChI is InChI=1S/C21H22N2O3/c1-3-26-18-8-6-15(7-9-18)20(24)22-11-10-17-13-16-5-4-14(2)12-19(16)23-21(17)25/h4-9,12-13,17H,3,10-11H2,1-2H3,(H,22,24). The number of rotatable bonds is 6. The molecule has 0 aliphatic carbocycles. The molecule has 1 heterocycles. The zero-order valence-corrected chi connectivity index (χ0v) is 15.0. The molecule has 0 radical (unpaired) electrons. The lowest BCUT2D eigenvalue weighted by Gasteiger charge is -2.13. The summed E-state index contributed by atoms with van der Waals surface area (Å²) in [6, 6.07) is 12.9. The minimum atomic E-state index is -0.300. The van der Waals surface area contributed by atoms with Crippen molar-refractivity contribution in [2.45, 2.75) is 20.3 Å². The normalized spacial score (nSPS) is 15.5. The van der Waals surface area contributed by atoms with Crippen LogP contribution in [0, 0.1) is 12.8 Å². The zero-order chi connectivity index (χ0) is 18.5. The number of carbonyl (C=O) groups is 2. The number of aryl methyl sites for hydroxylation is 1. The van der Waals surface area contributed by atoms with Gasteiger partial charge in [-0.3, -0.25) is 9.59 Å². The van der Waals surface area contributed by atoms with Crippen LogP contribution in [-0.4, -0.2) is 25.0 Å². The summed E-state index contributed by atoms with van der Waals surface area (Å²) in [4.78, 5) is 28.6. The first kappa shape index (κ1) is 17.9. The van der Waals surface area contributed by atoms with Gasteiger partial charge in [0.05, 0.1) is 17.9 Å². The molecule has 0 aromatic heterocycles. The number of benzene rings is 2. The summed E-state index contributed by atoms with van der Waals surface area (Å²) in [6.07, 6.45) is 2.46. The molecule has 26 heavy (non-hydrogen) atoms. The minimum Gasteiger partial charge on any atom is -0.494 e. The Bertz CT molecular complexity index is 933. The Morgan fingerprint density at radius 1 is 1.19 bits per heavy atom. The Labute approximate surface area is 152 Å². The maximum Gasteiger partial charge on any atom is 0.253 e. The van der Waals surface area contributed by atoms with Gasteiger partial charge in [-0.2, -0.15) is 0 Å². The highest BCUT2D eigenvalue weighted by Gasteiger charge is 2.18. The van der Waals surface area contributed by atoms with Crippen LogP contribution in [0.25, 0.3) is 6.08 Å².